The fourth-order valence-electron chi connectivity index (χ4n) is 0.987. The van der Waals surface area contributed by atoms with E-state index < -0.39 is 5.92 Å². The van der Waals surface area contributed by atoms with Crippen LogP contribution < -0.4 is 0 Å². The molecular formula is C9H9NO2. The third-order valence-corrected chi connectivity index (χ3v) is 1.53. The number of ketones is 1. The molecule has 1 rings (SSSR count). The van der Waals surface area contributed by atoms with E-state index >= 15 is 0 Å². The molecule has 1 unspecified atom stereocenters. The van der Waals surface area contributed by atoms with Crippen LogP contribution in [-0.2, 0) is 4.79 Å². The Hall–Kier alpha value is -1.56. The van der Waals surface area contributed by atoms with Gasteiger partial charge in [0.2, 0.25) is 0 Å². The van der Waals surface area contributed by atoms with E-state index in [0.717, 1.165) is 0 Å². The molecular weight excluding hydrogens is 154 g/mol. The minimum Gasteiger partial charge on any atom is -0.468 e. The van der Waals surface area contributed by atoms with Crippen LogP contribution in [0.3, 0.4) is 0 Å². The first-order valence-electron chi connectivity index (χ1n) is 3.66. The van der Waals surface area contributed by atoms with Crippen LogP contribution in [-0.4, -0.2) is 5.78 Å². The number of furan rings is 1. The number of Topliss-reactive ketones (excluding diaryl/α,β-unsaturated/α-hetero) is 1. The van der Waals surface area contributed by atoms with Gasteiger partial charge in [0.25, 0.3) is 0 Å². The number of carbonyl (C=O) groups excluding carboxylic acids is 1. The summed E-state index contributed by atoms with van der Waals surface area (Å²) in [6, 6.07) is 5.43. The van der Waals surface area contributed by atoms with Crippen molar-refractivity contribution in [1.82, 2.24) is 0 Å². The van der Waals surface area contributed by atoms with Gasteiger partial charge in [-0.05, 0) is 19.1 Å². The van der Waals surface area contributed by atoms with Gasteiger partial charge in [0, 0.05) is 6.42 Å². The molecule has 1 atom stereocenters. The first-order valence-corrected chi connectivity index (χ1v) is 3.66. The Morgan fingerprint density at radius 2 is 2.58 bits per heavy atom. The molecule has 1 aromatic heterocycles. The van der Waals surface area contributed by atoms with Crippen molar-refractivity contribution in [2.45, 2.75) is 19.3 Å². The number of hydrogen-bond acceptors (Lipinski definition) is 3. The Labute approximate surface area is 70.6 Å². The van der Waals surface area contributed by atoms with E-state index in [9.17, 15) is 4.79 Å². The standard InChI is InChI=1S/C9H9NO2/c1-7(11)5-8(6-10)9-3-2-4-12-9/h2-4,8H,5H2,1H3. The zero-order valence-corrected chi connectivity index (χ0v) is 6.78. The SMILES string of the molecule is CC(=O)CC(C#N)c1ccco1. The lowest BCUT2D eigenvalue weighted by atomic mass is 10.0. The Kier molecular flexibility index (Phi) is 2.65. The van der Waals surface area contributed by atoms with E-state index in [0.29, 0.717) is 5.76 Å². The second-order valence-electron chi connectivity index (χ2n) is 2.60. The summed E-state index contributed by atoms with van der Waals surface area (Å²) < 4.78 is 5.01. The minimum absolute atomic E-state index is 0.00190. The lowest BCUT2D eigenvalue weighted by molar-refractivity contribution is -0.117. The van der Waals surface area contributed by atoms with Gasteiger partial charge in [-0.25, -0.2) is 0 Å². The van der Waals surface area contributed by atoms with Crippen LogP contribution >= 0.6 is 0 Å². The van der Waals surface area contributed by atoms with Crippen molar-refractivity contribution in [3.8, 4) is 6.07 Å². The Morgan fingerprint density at radius 3 is 3.00 bits per heavy atom. The summed E-state index contributed by atoms with van der Waals surface area (Å²) in [5, 5.41) is 8.68. The average Bonchev–Trinajstić information content (AvgIpc) is 2.51. The summed E-state index contributed by atoms with van der Waals surface area (Å²) in [5.41, 5.74) is 0. The molecule has 0 saturated heterocycles. The smallest absolute Gasteiger partial charge is 0.131 e. The monoisotopic (exact) mass is 163 g/mol. The van der Waals surface area contributed by atoms with Crippen molar-refractivity contribution in [1.29, 1.82) is 5.26 Å². The van der Waals surface area contributed by atoms with E-state index in [2.05, 4.69) is 0 Å². The fraction of sp³-hybridized carbons (Fsp3) is 0.333. The molecule has 0 radical (unpaired) electrons. The predicted molar refractivity (Wildman–Crippen MR) is 42.4 cm³/mol. The highest BCUT2D eigenvalue weighted by Crippen LogP contribution is 2.18. The summed E-state index contributed by atoms with van der Waals surface area (Å²) in [6.07, 6.45) is 1.73. The van der Waals surface area contributed by atoms with Gasteiger partial charge in [-0.2, -0.15) is 5.26 Å². The van der Waals surface area contributed by atoms with Crippen LogP contribution in [0.5, 0.6) is 0 Å². The number of nitrogens with zero attached hydrogens (tertiary/aromatic N) is 1. The third kappa shape index (κ3) is 1.96. The lowest BCUT2D eigenvalue weighted by Gasteiger charge is -2.00. The molecule has 62 valence electrons. The average molecular weight is 163 g/mol. The van der Waals surface area contributed by atoms with Gasteiger partial charge in [-0.3, -0.25) is 4.79 Å². The Morgan fingerprint density at radius 1 is 1.83 bits per heavy atom. The maximum absolute atomic E-state index is 10.7. The quantitative estimate of drug-likeness (QED) is 0.683. The van der Waals surface area contributed by atoms with Crippen molar-refractivity contribution >= 4 is 5.78 Å². The molecule has 0 spiro atoms. The number of nitriles is 1. The van der Waals surface area contributed by atoms with Crippen LogP contribution in [0.4, 0.5) is 0 Å². The molecule has 3 heteroatoms. The molecule has 1 aromatic rings. The minimum atomic E-state index is -0.433. The highest BCUT2D eigenvalue weighted by Gasteiger charge is 2.14. The third-order valence-electron chi connectivity index (χ3n) is 1.53. The van der Waals surface area contributed by atoms with Gasteiger partial charge >= 0.3 is 0 Å². The number of rotatable bonds is 3. The van der Waals surface area contributed by atoms with Crippen LogP contribution in [0.1, 0.15) is 25.0 Å². The summed E-state index contributed by atoms with van der Waals surface area (Å²) in [5.74, 6) is 0.128. The molecule has 3 nitrogen and oxygen atoms in total. The van der Waals surface area contributed by atoms with Crippen LogP contribution in [0, 0.1) is 11.3 Å². The van der Waals surface area contributed by atoms with Crippen LogP contribution in [0.15, 0.2) is 22.8 Å². The fourth-order valence-corrected chi connectivity index (χ4v) is 0.987. The topological polar surface area (TPSA) is 54.0 Å². The maximum Gasteiger partial charge on any atom is 0.131 e. The van der Waals surface area contributed by atoms with Gasteiger partial charge in [0.05, 0.1) is 12.3 Å². The van der Waals surface area contributed by atoms with Crippen molar-refractivity contribution in [2.24, 2.45) is 0 Å². The van der Waals surface area contributed by atoms with Gasteiger partial charge < -0.3 is 4.42 Å². The van der Waals surface area contributed by atoms with Gasteiger partial charge in [-0.1, -0.05) is 0 Å². The summed E-state index contributed by atoms with van der Waals surface area (Å²) in [4.78, 5) is 10.7. The molecule has 0 aliphatic carbocycles. The molecule has 0 bridgehead atoms. The zero-order valence-electron chi connectivity index (χ0n) is 6.78. The second kappa shape index (κ2) is 3.72. The highest BCUT2D eigenvalue weighted by molar-refractivity contribution is 5.76. The van der Waals surface area contributed by atoms with Gasteiger partial charge in [0.1, 0.15) is 17.5 Å². The van der Waals surface area contributed by atoms with Crippen molar-refractivity contribution in [2.75, 3.05) is 0 Å². The summed E-state index contributed by atoms with van der Waals surface area (Å²) >= 11 is 0. The number of hydrogen-bond donors (Lipinski definition) is 0. The van der Waals surface area contributed by atoms with E-state index in [-0.39, 0.29) is 12.2 Å². The van der Waals surface area contributed by atoms with E-state index in [1.54, 1.807) is 12.1 Å². The molecule has 0 fully saturated rings. The van der Waals surface area contributed by atoms with E-state index in [1.807, 2.05) is 6.07 Å². The molecule has 0 amide bonds. The van der Waals surface area contributed by atoms with E-state index in [4.69, 9.17) is 9.68 Å². The highest BCUT2D eigenvalue weighted by atomic mass is 16.3. The van der Waals surface area contributed by atoms with Crippen molar-refractivity contribution < 1.29 is 9.21 Å². The molecule has 0 aliphatic rings. The van der Waals surface area contributed by atoms with Crippen molar-refractivity contribution in [3.63, 3.8) is 0 Å². The van der Waals surface area contributed by atoms with Gasteiger partial charge in [0.15, 0.2) is 0 Å². The predicted octanol–water partition coefficient (Wildman–Crippen LogP) is 1.87. The van der Waals surface area contributed by atoms with Gasteiger partial charge in [-0.15, -0.1) is 0 Å². The zero-order chi connectivity index (χ0) is 8.97. The van der Waals surface area contributed by atoms with E-state index in [1.165, 1.54) is 13.2 Å². The largest absolute Gasteiger partial charge is 0.468 e. The molecule has 0 aromatic carbocycles. The molecule has 0 aliphatic heterocycles. The summed E-state index contributed by atoms with van der Waals surface area (Å²) in [7, 11) is 0. The number of carbonyl (C=O) groups is 1. The van der Waals surface area contributed by atoms with Crippen LogP contribution in [0.2, 0.25) is 0 Å². The first-order chi connectivity index (χ1) is 5.74. The Bertz CT molecular complexity index is 295. The normalized spacial score (nSPS) is 12.0. The van der Waals surface area contributed by atoms with Crippen LogP contribution in [0.25, 0.3) is 0 Å². The second-order valence-corrected chi connectivity index (χ2v) is 2.60. The maximum atomic E-state index is 10.7. The molecule has 0 saturated carbocycles. The molecule has 1 heterocycles. The lowest BCUT2D eigenvalue weighted by Crippen LogP contribution is -2.00. The summed E-state index contributed by atoms with van der Waals surface area (Å²) in [6.45, 7) is 1.47. The molecule has 0 N–H and O–H groups in total. The first kappa shape index (κ1) is 8.54. The Balaban J connectivity index is 2.72. The molecule has 12 heavy (non-hydrogen) atoms. The van der Waals surface area contributed by atoms with Crippen molar-refractivity contribution in [3.05, 3.63) is 24.2 Å².